The van der Waals surface area contributed by atoms with E-state index in [0.29, 0.717) is 6.42 Å². The van der Waals surface area contributed by atoms with Crippen molar-refractivity contribution < 1.29 is 48.0 Å². The second-order valence-electron chi connectivity index (χ2n) is 16.0. The van der Waals surface area contributed by atoms with E-state index >= 15 is 0 Å². The van der Waals surface area contributed by atoms with Crippen LogP contribution in [0.1, 0.15) is 142 Å². The van der Waals surface area contributed by atoms with Crippen LogP contribution in [0.25, 0.3) is 11.2 Å². The van der Waals surface area contributed by atoms with E-state index in [2.05, 4.69) is 27.2 Å². The number of ether oxygens (including phenoxy) is 5. The molecule has 0 radical (unpaired) electrons. The second-order valence-corrected chi connectivity index (χ2v) is 16.0. The first-order valence-electron chi connectivity index (χ1n) is 22.4. The predicted molar refractivity (Wildman–Crippen MR) is 234 cm³/mol. The number of amides is 1. The number of aromatic nitrogens is 4. The van der Waals surface area contributed by atoms with Gasteiger partial charge in [0.25, 0.3) is 5.56 Å². The summed E-state index contributed by atoms with van der Waals surface area (Å²) in [5.41, 5.74) is 5.99. The molecule has 2 aromatic heterocycles. The van der Waals surface area contributed by atoms with Crippen LogP contribution >= 0.6 is 0 Å². The summed E-state index contributed by atoms with van der Waals surface area (Å²) in [4.78, 5) is 74.9. The maximum Gasteiger partial charge on any atom is 0.408 e. The molecule has 0 aliphatic heterocycles. The number of aliphatic hydroxyl groups is 1. The Balaban J connectivity index is 1.52. The van der Waals surface area contributed by atoms with Crippen LogP contribution in [0.3, 0.4) is 0 Å². The molecule has 0 saturated heterocycles. The molecule has 0 bridgehead atoms. The summed E-state index contributed by atoms with van der Waals surface area (Å²) >= 11 is 0. The first-order chi connectivity index (χ1) is 30.0. The summed E-state index contributed by atoms with van der Waals surface area (Å²) in [6, 6.07) is 8.02. The van der Waals surface area contributed by atoms with Crippen LogP contribution in [0.4, 0.5) is 10.7 Å². The van der Waals surface area contributed by atoms with Gasteiger partial charge in [-0.15, -0.1) is 0 Å². The van der Waals surface area contributed by atoms with Gasteiger partial charge >= 0.3 is 24.0 Å². The lowest BCUT2D eigenvalue weighted by Crippen LogP contribution is -2.46. The van der Waals surface area contributed by atoms with Crippen LogP contribution in [-0.2, 0) is 44.7 Å². The highest BCUT2D eigenvalue weighted by Gasteiger charge is 2.29. The number of hydrogen-bond donors (Lipinski definition) is 4. The predicted octanol–water partition coefficient (Wildman–Crippen LogP) is 7.06. The fourth-order valence-corrected chi connectivity index (χ4v) is 6.78. The quantitative estimate of drug-likeness (QED) is 0.0273. The van der Waals surface area contributed by atoms with Crippen LogP contribution in [0.2, 0.25) is 0 Å². The molecule has 2 heterocycles. The highest BCUT2D eigenvalue weighted by Crippen LogP contribution is 2.19. The Kier molecular flexibility index (Phi) is 24.9. The summed E-state index contributed by atoms with van der Waals surface area (Å²) in [5.74, 6) is -3.27. The van der Waals surface area contributed by atoms with Gasteiger partial charge in [-0.2, -0.15) is 4.98 Å². The average Bonchev–Trinajstić information content (AvgIpc) is 3.68. The van der Waals surface area contributed by atoms with Gasteiger partial charge in [0.05, 0.1) is 39.2 Å². The largest absolute Gasteiger partial charge is 0.465 e. The smallest absolute Gasteiger partial charge is 0.408 e. The zero-order chi connectivity index (χ0) is 45.0. The van der Waals surface area contributed by atoms with Gasteiger partial charge in [-0.05, 0) is 17.9 Å². The monoisotopic (exact) mass is 871 g/mol. The van der Waals surface area contributed by atoms with Crippen molar-refractivity contribution in [2.75, 3.05) is 38.8 Å². The number of alkyl carbamates (subject to hydrolysis) is 1. The molecule has 3 rings (SSSR count). The van der Waals surface area contributed by atoms with Gasteiger partial charge in [-0.25, -0.2) is 14.6 Å². The SMILES string of the molecule is CCCCCCCCCCCCCCCCCC(=O)OCC(COC(=O)[C@@H](NC(=O)OCc1ccccc1)C(C)C)CC(=O)OCC(OCCO)n1cnc2c(=O)[nH]c(N)nc21. The van der Waals surface area contributed by atoms with Crippen molar-refractivity contribution in [3.05, 3.63) is 52.6 Å². The van der Waals surface area contributed by atoms with Crippen molar-refractivity contribution in [3.63, 3.8) is 0 Å². The zero-order valence-electron chi connectivity index (χ0n) is 37.0. The Bertz CT molecular complexity index is 1800. The van der Waals surface area contributed by atoms with Crippen molar-refractivity contribution >= 4 is 41.1 Å². The lowest BCUT2D eigenvalue weighted by molar-refractivity contribution is -0.159. The number of unbranched alkanes of at least 4 members (excludes halogenated alkanes) is 14. The molecular weight excluding hydrogens is 801 g/mol. The number of benzene rings is 1. The van der Waals surface area contributed by atoms with E-state index in [4.69, 9.17) is 29.4 Å². The number of hydrogen-bond acceptors (Lipinski definition) is 14. The van der Waals surface area contributed by atoms with E-state index in [9.17, 15) is 29.1 Å². The van der Waals surface area contributed by atoms with E-state index < -0.39 is 47.7 Å². The molecule has 1 amide bonds. The van der Waals surface area contributed by atoms with Gasteiger partial charge in [0.15, 0.2) is 17.4 Å². The lowest BCUT2D eigenvalue weighted by Gasteiger charge is -2.23. The number of fused-ring (bicyclic) bond motifs is 1. The Morgan fingerprint density at radius 1 is 0.806 bits per heavy atom. The van der Waals surface area contributed by atoms with Gasteiger partial charge in [-0.1, -0.05) is 141 Å². The van der Waals surface area contributed by atoms with E-state index in [0.717, 1.165) is 24.8 Å². The van der Waals surface area contributed by atoms with Crippen LogP contribution in [0.15, 0.2) is 41.5 Å². The summed E-state index contributed by atoms with van der Waals surface area (Å²) in [6.45, 7) is 4.29. The minimum absolute atomic E-state index is 0.00725. The number of imidazole rings is 1. The van der Waals surface area contributed by atoms with Gasteiger partial charge in [-0.3, -0.25) is 23.9 Å². The minimum atomic E-state index is -1.07. The Morgan fingerprint density at radius 2 is 1.40 bits per heavy atom. The summed E-state index contributed by atoms with van der Waals surface area (Å²) in [6.07, 6.45) is 17.4. The maximum absolute atomic E-state index is 13.3. The van der Waals surface area contributed by atoms with Crippen molar-refractivity contribution in [3.8, 4) is 0 Å². The van der Waals surface area contributed by atoms with Crippen LogP contribution in [0, 0.1) is 11.8 Å². The number of nitrogens with one attached hydrogen (secondary N) is 2. The van der Waals surface area contributed by atoms with Crippen LogP contribution in [-0.4, -0.2) is 87.7 Å². The molecule has 1 aromatic carbocycles. The van der Waals surface area contributed by atoms with Crippen molar-refractivity contribution in [2.24, 2.45) is 11.8 Å². The number of carbonyl (C=O) groups is 4. The number of rotatable bonds is 33. The number of aliphatic hydroxyl groups excluding tert-OH is 1. The lowest BCUT2D eigenvalue weighted by atomic mass is 10.0. The third-order valence-corrected chi connectivity index (χ3v) is 10.3. The highest BCUT2D eigenvalue weighted by molar-refractivity contribution is 5.81. The van der Waals surface area contributed by atoms with Crippen molar-refractivity contribution in [2.45, 2.75) is 149 Å². The number of H-pyrrole nitrogens is 1. The fraction of sp³-hybridized carbons (Fsp3) is 0.667. The number of esters is 3. The number of aromatic amines is 1. The Hall–Kier alpha value is -5.03. The highest BCUT2D eigenvalue weighted by atomic mass is 16.6. The molecule has 0 aliphatic rings. The molecule has 62 heavy (non-hydrogen) atoms. The zero-order valence-corrected chi connectivity index (χ0v) is 37.0. The number of nitrogens with two attached hydrogens (primary N) is 1. The molecule has 3 atom stereocenters. The molecule has 5 N–H and O–H groups in total. The number of nitrogens with zero attached hydrogens (tertiary/aromatic N) is 3. The molecule has 17 heteroatoms. The van der Waals surface area contributed by atoms with E-state index in [-0.39, 0.29) is 75.5 Å². The molecular formula is C45H70N6O11. The first-order valence-corrected chi connectivity index (χ1v) is 22.4. The van der Waals surface area contributed by atoms with E-state index in [1.165, 1.54) is 81.5 Å². The Labute approximate surface area is 365 Å². The molecule has 2 unspecified atom stereocenters. The molecule has 0 spiro atoms. The number of nitrogen functional groups attached to an aromatic ring is 1. The molecule has 0 aliphatic carbocycles. The van der Waals surface area contributed by atoms with Crippen LogP contribution in [0.5, 0.6) is 0 Å². The fourth-order valence-electron chi connectivity index (χ4n) is 6.78. The molecule has 346 valence electrons. The third-order valence-electron chi connectivity index (χ3n) is 10.3. The third kappa shape index (κ3) is 20.2. The van der Waals surface area contributed by atoms with Gasteiger partial charge in [0.2, 0.25) is 5.95 Å². The first kappa shape index (κ1) is 51.3. The van der Waals surface area contributed by atoms with E-state index in [1.807, 2.05) is 18.2 Å². The minimum Gasteiger partial charge on any atom is -0.465 e. The number of anilines is 1. The molecule has 17 nitrogen and oxygen atoms in total. The average molecular weight is 871 g/mol. The van der Waals surface area contributed by atoms with Crippen molar-refractivity contribution in [1.29, 1.82) is 0 Å². The van der Waals surface area contributed by atoms with Crippen molar-refractivity contribution in [1.82, 2.24) is 24.8 Å². The van der Waals surface area contributed by atoms with Gasteiger partial charge < -0.3 is 39.8 Å². The summed E-state index contributed by atoms with van der Waals surface area (Å²) < 4.78 is 29.0. The number of carbonyl (C=O) groups excluding carboxylic acids is 4. The molecule has 3 aromatic rings. The molecule has 0 fully saturated rings. The van der Waals surface area contributed by atoms with Gasteiger partial charge in [0, 0.05) is 12.3 Å². The summed E-state index contributed by atoms with van der Waals surface area (Å²) in [5, 5.41) is 12.0. The van der Waals surface area contributed by atoms with E-state index in [1.54, 1.807) is 26.0 Å². The molecule has 0 saturated carbocycles. The van der Waals surface area contributed by atoms with Gasteiger partial charge in [0.1, 0.15) is 19.3 Å². The Morgan fingerprint density at radius 3 is 2.02 bits per heavy atom. The maximum atomic E-state index is 13.3. The normalized spacial score (nSPS) is 12.8. The second kappa shape index (κ2) is 30.1. The summed E-state index contributed by atoms with van der Waals surface area (Å²) in [7, 11) is 0. The topological polar surface area (TPSA) is 236 Å². The standard InChI is InChI=1S/C45H70N6O11/c1-4-5-6-7-8-9-10-11-12-13-14-15-16-17-21-24-37(53)59-29-35(30-61-43(56)39(33(2)3)48-45(57)62-28-34-22-19-18-20-23-34)27-38(54)60-31-36(58-26-25-52)51-32-47-40-41(51)49-44(46)50-42(40)55/h18-20,22-23,32-33,35-36,39,52H,4-17,21,24-31H2,1-3H3,(H,48,57)(H3,46,49,50,55)/t35?,36?,39-/m0/s1. The van der Waals surface area contributed by atoms with Crippen LogP contribution < -0.4 is 16.6 Å².